The number of benzene rings is 1. The van der Waals surface area contributed by atoms with Crippen LogP contribution in [0.25, 0.3) is 0 Å². The van der Waals surface area contributed by atoms with Crippen molar-refractivity contribution >= 4 is 0 Å². The number of hydrogen-bond donors (Lipinski definition) is 1. The van der Waals surface area contributed by atoms with E-state index in [1.165, 1.54) is 13.2 Å². The predicted octanol–water partition coefficient (Wildman–Crippen LogP) is 2.91. The van der Waals surface area contributed by atoms with Crippen molar-refractivity contribution < 1.29 is 13.9 Å². The Hall–Kier alpha value is -1.13. The van der Waals surface area contributed by atoms with Crippen LogP contribution in [0, 0.1) is 11.7 Å². The molecule has 1 aliphatic rings. The molecule has 1 aromatic rings. The van der Waals surface area contributed by atoms with Crippen molar-refractivity contribution in [1.82, 2.24) is 5.32 Å². The monoisotopic (exact) mass is 267 g/mol. The first-order valence-electron chi connectivity index (χ1n) is 6.92. The van der Waals surface area contributed by atoms with E-state index in [0.29, 0.717) is 5.92 Å². The van der Waals surface area contributed by atoms with Crippen LogP contribution in [0.1, 0.15) is 31.4 Å². The highest BCUT2D eigenvalue weighted by atomic mass is 19.1. The van der Waals surface area contributed by atoms with E-state index < -0.39 is 0 Å². The lowest BCUT2D eigenvalue weighted by atomic mass is 9.89. The molecule has 4 heteroatoms. The quantitative estimate of drug-likeness (QED) is 0.889. The van der Waals surface area contributed by atoms with Crippen molar-refractivity contribution in [2.45, 2.75) is 25.9 Å². The Morgan fingerprint density at radius 1 is 1.47 bits per heavy atom. The SMILES string of the molecule is CCNCC1CCCOC1c1ccc(OC)c(F)c1. The van der Waals surface area contributed by atoms with Crippen molar-refractivity contribution in [1.29, 1.82) is 0 Å². The summed E-state index contributed by atoms with van der Waals surface area (Å²) >= 11 is 0. The summed E-state index contributed by atoms with van der Waals surface area (Å²) in [6.45, 7) is 4.70. The molecule has 3 nitrogen and oxygen atoms in total. The van der Waals surface area contributed by atoms with Crippen molar-refractivity contribution in [3.63, 3.8) is 0 Å². The summed E-state index contributed by atoms with van der Waals surface area (Å²) in [5.74, 6) is 0.362. The van der Waals surface area contributed by atoms with Crippen LogP contribution in [0.4, 0.5) is 4.39 Å². The fourth-order valence-corrected chi connectivity index (χ4v) is 2.61. The maximum Gasteiger partial charge on any atom is 0.165 e. The zero-order valence-electron chi connectivity index (χ0n) is 11.6. The van der Waals surface area contributed by atoms with Gasteiger partial charge in [-0.15, -0.1) is 0 Å². The van der Waals surface area contributed by atoms with Crippen LogP contribution >= 0.6 is 0 Å². The topological polar surface area (TPSA) is 30.5 Å². The lowest BCUT2D eigenvalue weighted by Gasteiger charge is -2.32. The van der Waals surface area contributed by atoms with Crippen LogP contribution in [0.5, 0.6) is 5.75 Å². The minimum absolute atomic E-state index is 0.0202. The lowest BCUT2D eigenvalue weighted by Crippen LogP contribution is -2.31. The number of rotatable bonds is 5. The molecule has 0 spiro atoms. The Kier molecular flexibility index (Phi) is 5.16. The third-order valence-electron chi connectivity index (χ3n) is 3.61. The van der Waals surface area contributed by atoms with Crippen LogP contribution in [0.2, 0.25) is 0 Å². The minimum atomic E-state index is -0.323. The number of hydrogen-bond acceptors (Lipinski definition) is 3. The van der Waals surface area contributed by atoms with Crippen molar-refractivity contribution in [3.05, 3.63) is 29.6 Å². The second-order valence-corrected chi connectivity index (χ2v) is 4.90. The number of halogens is 1. The van der Waals surface area contributed by atoms with Crippen LogP contribution in [-0.4, -0.2) is 26.8 Å². The Morgan fingerprint density at radius 3 is 3.00 bits per heavy atom. The Balaban J connectivity index is 2.14. The second kappa shape index (κ2) is 6.87. The maximum absolute atomic E-state index is 13.8. The fraction of sp³-hybridized carbons (Fsp3) is 0.600. The van der Waals surface area contributed by atoms with Crippen molar-refractivity contribution in [2.24, 2.45) is 5.92 Å². The molecule has 0 aromatic heterocycles. The molecule has 1 aromatic carbocycles. The van der Waals surface area contributed by atoms with E-state index in [2.05, 4.69) is 12.2 Å². The van der Waals surface area contributed by atoms with Gasteiger partial charge in [-0.3, -0.25) is 0 Å². The van der Waals surface area contributed by atoms with Crippen molar-refractivity contribution in [2.75, 3.05) is 26.8 Å². The smallest absolute Gasteiger partial charge is 0.165 e. The molecule has 0 radical (unpaired) electrons. The number of ether oxygens (including phenoxy) is 2. The largest absolute Gasteiger partial charge is 0.494 e. The summed E-state index contributed by atoms with van der Waals surface area (Å²) in [5.41, 5.74) is 0.904. The van der Waals surface area contributed by atoms with Crippen LogP contribution in [-0.2, 0) is 4.74 Å². The molecule has 106 valence electrons. The zero-order chi connectivity index (χ0) is 13.7. The van der Waals surface area contributed by atoms with Gasteiger partial charge in [-0.1, -0.05) is 13.0 Å². The summed E-state index contributed by atoms with van der Waals surface area (Å²) in [6, 6.07) is 5.11. The van der Waals surface area contributed by atoms with Gasteiger partial charge >= 0.3 is 0 Å². The zero-order valence-corrected chi connectivity index (χ0v) is 11.6. The van der Waals surface area contributed by atoms with Gasteiger partial charge < -0.3 is 14.8 Å². The van der Waals surface area contributed by atoms with E-state index >= 15 is 0 Å². The van der Waals surface area contributed by atoms with Gasteiger partial charge in [-0.25, -0.2) is 4.39 Å². The number of nitrogens with one attached hydrogen (secondary N) is 1. The predicted molar refractivity (Wildman–Crippen MR) is 72.9 cm³/mol. The van der Waals surface area contributed by atoms with E-state index in [9.17, 15) is 4.39 Å². The molecule has 0 bridgehead atoms. The summed E-state index contributed by atoms with van der Waals surface area (Å²) in [4.78, 5) is 0. The molecule has 1 N–H and O–H groups in total. The Morgan fingerprint density at radius 2 is 2.32 bits per heavy atom. The molecule has 2 unspecified atom stereocenters. The third-order valence-corrected chi connectivity index (χ3v) is 3.61. The van der Waals surface area contributed by atoms with Gasteiger partial charge in [0.15, 0.2) is 11.6 Å². The van der Waals surface area contributed by atoms with Crippen LogP contribution in [0.15, 0.2) is 18.2 Å². The Bertz CT molecular complexity index is 411. The van der Waals surface area contributed by atoms with Crippen molar-refractivity contribution in [3.8, 4) is 5.75 Å². The summed E-state index contributed by atoms with van der Waals surface area (Å²) in [6.07, 6.45) is 2.17. The molecular formula is C15H22FNO2. The first-order valence-corrected chi connectivity index (χ1v) is 6.92. The van der Waals surface area contributed by atoms with E-state index in [0.717, 1.165) is 38.1 Å². The molecule has 1 saturated heterocycles. The van der Waals surface area contributed by atoms with Crippen LogP contribution < -0.4 is 10.1 Å². The van der Waals surface area contributed by atoms with Gasteiger partial charge in [-0.05, 0) is 37.1 Å². The third kappa shape index (κ3) is 3.45. The highest BCUT2D eigenvalue weighted by molar-refractivity contribution is 5.31. The van der Waals surface area contributed by atoms with Gasteiger partial charge in [0, 0.05) is 19.1 Å². The van der Waals surface area contributed by atoms with E-state index in [4.69, 9.17) is 9.47 Å². The minimum Gasteiger partial charge on any atom is -0.494 e. The van der Waals surface area contributed by atoms with Gasteiger partial charge in [0.2, 0.25) is 0 Å². The Labute approximate surface area is 114 Å². The molecule has 1 aliphatic heterocycles. The maximum atomic E-state index is 13.8. The van der Waals surface area contributed by atoms with E-state index in [1.54, 1.807) is 6.07 Å². The van der Waals surface area contributed by atoms with Gasteiger partial charge in [0.25, 0.3) is 0 Å². The lowest BCUT2D eigenvalue weighted by molar-refractivity contribution is -0.0277. The average Bonchev–Trinajstić information content (AvgIpc) is 2.45. The molecule has 19 heavy (non-hydrogen) atoms. The van der Waals surface area contributed by atoms with Gasteiger partial charge in [0.05, 0.1) is 13.2 Å². The highest BCUT2D eigenvalue weighted by Crippen LogP contribution is 2.34. The summed E-state index contributed by atoms with van der Waals surface area (Å²) in [7, 11) is 1.48. The first kappa shape index (κ1) is 14.3. The summed E-state index contributed by atoms with van der Waals surface area (Å²) in [5, 5.41) is 3.36. The van der Waals surface area contributed by atoms with Crippen LogP contribution in [0.3, 0.4) is 0 Å². The average molecular weight is 267 g/mol. The molecule has 2 rings (SSSR count). The van der Waals surface area contributed by atoms with E-state index in [-0.39, 0.29) is 17.7 Å². The van der Waals surface area contributed by atoms with Gasteiger partial charge in [-0.2, -0.15) is 0 Å². The fourth-order valence-electron chi connectivity index (χ4n) is 2.61. The first-order chi connectivity index (χ1) is 9.26. The molecule has 2 atom stereocenters. The van der Waals surface area contributed by atoms with Gasteiger partial charge in [0.1, 0.15) is 0 Å². The molecule has 1 heterocycles. The summed E-state index contributed by atoms with van der Waals surface area (Å²) < 4.78 is 24.6. The number of methoxy groups -OCH3 is 1. The standard InChI is InChI=1S/C15H22FNO2/c1-3-17-10-12-5-4-8-19-15(12)11-6-7-14(18-2)13(16)9-11/h6-7,9,12,15,17H,3-5,8,10H2,1-2H3. The molecule has 0 aliphatic carbocycles. The van der Waals surface area contributed by atoms with E-state index in [1.807, 2.05) is 6.07 Å². The molecular weight excluding hydrogens is 245 g/mol. The highest BCUT2D eigenvalue weighted by Gasteiger charge is 2.27. The molecule has 0 saturated carbocycles. The normalized spacial score (nSPS) is 23.3. The second-order valence-electron chi connectivity index (χ2n) is 4.90. The molecule has 1 fully saturated rings. The molecule has 0 amide bonds.